The average molecular weight is 394 g/mol. The summed E-state index contributed by atoms with van der Waals surface area (Å²) in [6.07, 6.45) is 2.78. The molecule has 1 aliphatic carbocycles. The predicted molar refractivity (Wildman–Crippen MR) is 105 cm³/mol. The molecule has 2 aliphatic rings. The Morgan fingerprint density at radius 3 is 2.22 bits per heavy atom. The van der Waals surface area contributed by atoms with E-state index in [9.17, 15) is 9.59 Å². The van der Waals surface area contributed by atoms with Crippen molar-refractivity contribution in [3.63, 3.8) is 0 Å². The minimum absolute atomic E-state index is 0.0208. The Morgan fingerprint density at radius 2 is 1.67 bits per heavy atom. The molecule has 0 aromatic heterocycles. The van der Waals surface area contributed by atoms with Crippen molar-refractivity contribution in [2.24, 2.45) is 5.92 Å². The number of carbonyl (C=O) groups excluding carboxylic acids is 1. The first-order chi connectivity index (χ1) is 12.9. The van der Waals surface area contributed by atoms with E-state index in [1.165, 1.54) is 5.56 Å². The molecule has 148 valence electrons. The number of rotatable bonds is 4. The van der Waals surface area contributed by atoms with Gasteiger partial charge in [-0.25, -0.2) is 4.79 Å². The maximum atomic E-state index is 12.5. The molecule has 0 radical (unpaired) electrons. The Bertz CT molecular complexity index is 651. The van der Waals surface area contributed by atoms with Crippen LogP contribution in [0.1, 0.15) is 44.2 Å². The summed E-state index contributed by atoms with van der Waals surface area (Å²) in [6, 6.07) is 8.30. The number of carboxylic acids is 1. The molecular weight excluding hydrogens is 366 g/mol. The molecule has 1 unspecified atom stereocenters. The number of carbonyl (C=O) groups is 2. The lowest BCUT2D eigenvalue weighted by Crippen LogP contribution is -2.54. The lowest BCUT2D eigenvalue weighted by atomic mass is 9.86. The number of benzene rings is 1. The standard InChI is InChI=1S/C20H28ClN3O3/c1-14(15-2-6-17(21)7-3-15)23-10-12-24(13-11-23)20(27)22-18-8-4-16(5-9-18)19(25)26/h2-3,6-7,14,16,18H,4-5,8-13H2,1H3,(H,22,27)(H,25,26). The van der Waals surface area contributed by atoms with Gasteiger partial charge < -0.3 is 15.3 Å². The number of piperazine rings is 1. The fraction of sp³-hybridized carbons (Fsp3) is 0.600. The number of hydrogen-bond donors (Lipinski definition) is 2. The second-order valence-electron chi connectivity index (χ2n) is 7.59. The highest BCUT2D eigenvalue weighted by Gasteiger charge is 2.29. The highest BCUT2D eigenvalue weighted by Crippen LogP contribution is 2.25. The minimum Gasteiger partial charge on any atom is -0.481 e. The second-order valence-corrected chi connectivity index (χ2v) is 8.02. The van der Waals surface area contributed by atoms with Gasteiger partial charge in [-0.3, -0.25) is 9.69 Å². The van der Waals surface area contributed by atoms with E-state index in [0.717, 1.165) is 31.0 Å². The Hall–Kier alpha value is -1.79. The zero-order valence-electron chi connectivity index (χ0n) is 15.7. The van der Waals surface area contributed by atoms with Crippen molar-refractivity contribution in [3.8, 4) is 0 Å². The number of nitrogens with one attached hydrogen (secondary N) is 1. The van der Waals surface area contributed by atoms with Gasteiger partial charge in [-0.05, 0) is 50.3 Å². The van der Waals surface area contributed by atoms with Gasteiger partial charge in [-0.1, -0.05) is 23.7 Å². The molecule has 6 nitrogen and oxygen atoms in total. The van der Waals surface area contributed by atoms with Crippen LogP contribution in [0.25, 0.3) is 0 Å². The molecule has 1 saturated heterocycles. The molecule has 0 bridgehead atoms. The summed E-state index contributed by atoms with van der Waals surface area (Å²) in [5.41, 5.74) is 1.23. The summed E-state index contributed by atoms with van der Waals surface area (Å²) in [4.78, 5) is 27.8. The van der Waals surface area contributed by atoms with Crippen LogP contribution >= 0.6 is 11.6 Å². The van der Waals surface area contributed by atoms with E-state index in [0.29, 0.717) is 32.0 Å². The molecule has 1 aromatic carbocycles. The van der Waals surface area contributed by atoms with Crippen molar-refractivity contribution in [1.29, 1.82) is 0 Å². The second kappa shape index (κ2) is 8.93. The molecule has 1 aromatic rings. The van der Waals surface area contributed by atoms with Crippen molar-refractivity contribution < 1.29 is 14.7 Å². The lowest BCUT2D eigenvalue weighted by molar-refractivity contribution is -0.142. The molecule has 2 amide bonds. The van der Waals surface area contributed by atoms with Crippen LogP contribution in [0.4, 0.5) is 4.79 Å². The Labute approximate surface area is 165 Å². The van der Waals surface area contributed by atoms with E-state index in [1.54, 1.807) is 0 Å². The molecular formula is C20H28ClN3O3. The third-order valence-electron chi connectivity index (χ3n) is 5.91. The topological polar surface area (TPSA) is 72.9 Å². The first-order valence-corrected chi connectivity index (χ1v) is 10.1. The summed E-state index contributed by atoms with van der Waals surface area (Å²) in [5.74, 6) is -0.971. The molecule has 0 spiro atoms. The van der Waals surface area contributed by atoms with Crippen molar-refractivity contribution in [2.45, 2.75) is 44.7 Å². The number of nitrogens with zero attached hydrogens (tertiary/aromatic N) is 2. The number of hydrogen-bond acceptors (Lipinski definition) is 3. The zero-order chi connectivity index (χ0) is 19.4. The molecule has 1 atom stereocenters. The summed E-state index contributed by atoms with van der Waals surface area (Å²) in [6.45, 7) is 5.26. The monoisotopic (exact) mass is 393 g/mol. The lowest BCUT2D eigenvalue weighted by Gasteiger charge is -2.39. The summed E-state index contributed by atoms with van der Waals surface area (Å²) < 4.78 is 0. The van der Waals surface area contributed by atoms with Crippen LogP contribution in [0.3, 0.4) is 0 Å². The Morgan fingerprint density at radius 1 is 1.07 bits per heavy atom. The van der Waals surface area contributed by atoms with Crippen LogP contribution in [-0.4, -0.2) is 59.1 Å². The van der Waals surface area contributed by atoms with Crippen LogP contribution in [0.5, 0.6) is 0 Å². The molecule has 7 heteroatoms. The third kappa shape index (κ3) is 5.14. The summed E-state index contributed by atoms with van der Waals surface area (Å²) in [5, 5.41) is 12.9. The highest BCUT2D eigenvalue weighted by molar-refractivity contribution is 6.30. The number of amides is 2. The van der Waals surface area contributed by atoms with Crippen molar-refractivity contribution >= 4 is 23.6 Å². The van der Waals surface area contributed by atoms with Crippen LogP contribution in [0, 0.1) is 5.92 Å². The largest absolute Gasteiger partial charge is 0.481 e. The van der Waals surface area contributed by atoms with Gasteiger partial charge in [0, 0.05) is 43.3 Å². The first kappa shape index (κ1) is 20.0. The quantitative estimate of drug-likeness (QED) is 0.822. The van der Waals surface area contributed by atoms with Crippen molar-refractivity contribution in [2.75, 3.05) is 26.2 Å². The van der Waals surface area contributed by atoms with Crippen LogP contribution in [0.2, 0.25) is 5.02 Å². The van der Waals surface area contributed by atoms with E-state index < -0.39 is 5.97 Å². The highest BCUT2D eigenvalue weighted by atomic mass is 35.5. The van der Waals surface area contributed by atoms with Gasteiger partial charge in [0.25, 0.3) is 0 Å². The maximum absolute atomic E-state index is 12.5. The Kier molecular flexibility index (Phi) is 6.60. The normalized spacial score (nSPS) is 25.0. The van der Waals surface area contributed by atoms with E-state index >= 15 is 0 Å². The molecule has 1 aliphatic heterocycles. The molecule has 1 heterocycles. The van der Waals surface area contributed by atoms with Gasteiger partial charge in [0.1, 0.15) is 0 Å². The third-order valence-corrected chi connectivity index (χ3v) is 6.16. The average Bonchev–Trinajstić information content (AvgIpc) is 2.68. The summed E-state index contributed by atoms with van der Waals surface area (Å²) >= 11 is 5.97. The maximum Gasteiger partial charge on any atom is 0.317 e. The van der Waals surface area contributed by atoms with Gasteiger partial charge in [-0.15, -0.1) is 0 Å². The number of carboxylic acid groups (broad SMARTS) is 1. The van der Waals surface area contributed by atoms with Crippen LogP contribution in [-0.2, 0) is 4.79 Å². The number of aliphatic carboxylic acids is 1. The van der Waals surface area contributed by atoms with E-state index in [4.69, 9.17) is 16.7 Å². The fourth-order valence-electron chi connectivity index (χ4n) is 4.02. The van der Waals surface area contributed by atoms with E-state index in [-0.39, 0.29) is 18.0 Å². The van der Waals surface area contributed by atoms with Crippen LogP contribution in [0.15, 0.2) is 24.3 Å². The van der Waals surface area contributed by atoms with Crippen molar-refractivity contribution in [3.05, 3.63) is 34.9 Å². The fourth-order valence-corrected chi connectivity index (χ4v) is 4.14. The van der Waals surface area contributed by atoms with E-state index in [1.807, 2.05) is 17.0 Å². The summed E-state index contributed by atoms with van der Waals surface area (Å²) in [7, 11) is 0. The van der Waals surface area contributed by atoms with Gasteiger partial charge in [0.15, 0.2) is 0 Å². The molecule has 3 rings (SSSR count). The Balaban J connectivity index is 1.44. The molecule has 1 saturated carbocycles. The van der Waals surface area contributed by atoms with E-state index in [2.05, 4.69) is 29.3 Å². The van der Waals surface area contributed by atoms with Gasteiger partial charge >= 0.3 is 12.0 Å². The number of halogens is 1. The zero-order valence-corrected chi connectivity index (χ0v) is 16.5. The minimum atomic E-state index is -0.717. The molecule has 2 N–H and O–H groups in total. The smallest absolute Gasteiger partial charge is 0.317 e. The van der Waals surface area contributed by atoms with Gasteiger partial charge in [-0.2, -0.15) is 0 Å². The van der Waals surface area contributed by atoms with Crippen LogP contribution < -0.4 is 5.32 Å². The van der Waals surface area contributed by atoms with Crippen molar-refractivity contribution in [1.82, 2.24) is 15.1 Å². The van der Waals surface area contributed by atoms with Gasteiger partial charge in [0.05, 0.1) is 5.92 Å². The SMILES string of the molecule is CC(c1ccc(Cl)cc1)N1CCN(C(=O)NC2CCC(C(=O)O)CC2)CC1. The van der Waals surface area contributed by atoms with Gasteiger partial charge in [0.2, 0.25) is 0 Å². The number of urea groups is 1. The molecule has 27 heavy (non-hydrogen) atoms. The first-order valence-electron chi connectivity index (χ1n) is 9.72. The predicted octanol–water partition coefficient (Wildman–Crippen LogP) is 3.37. The molecule has 2 fully saturated rings.